The predicted octanol–water partition coefficient (Wildman–Crippen LogP) is 5.48. The molecule has 0 saturated carbocycles. The molecule has 0 aliphatic heterocycles. The molecule has 0 spiro atoms. The Morgan fingerprint density at radius 2 is 1.00 bits per heavy atom. The summed E-state index contributed by atoms with van der Waals surface area (Å²) in [6, 6.07) is 10.7. The second kappa shape index (κ2) is 14.0. The van der Waals surface area contributed by atoms with E-state index in [0.29, 0.717) is 25.2 Å². The highest BCUT2D eigenvalue weighted by atomic mass is 19.4. The van der Waals surface area contributed by atoms with Crippen molar-refractivity contribution in [2.75, 3.05) is 0 Å². The Morgan fingerprint density at radius 1 is 0.640 bits per heavy atom. The van der Waals surface area contributed by atoms with Crippen LogP contribution in [0.1, 0.15) is 36.6 Å². The molecule has 0 saturated heterocycles. The number of ether oxygens (including phenoxy) is 2. The van der Waals surface area contributed by atoms with Crippen LogP contribution in [0.4, 0.5) is 37.7 Å². The Labute approximate surface area is 282 Å². The fourth-order valence-corrected chi connectivity index (χ4v) is 5.07. The molecule has 2 heterocycles. The predicted molar refractivity (Wildman–Crippen MR) is 164 cm³/mol. The van der Waals surface area contributed by atoms with Crippen LogP contribution in [0, 0.1) is 0 Å². The number of alkyl halides is 6. The molecule has 0 fully saturated rings. The standard InChI is InChI=1S/C34H30F6N6O4/c1-5-45-17-15-43(3)31(45)29(47)41-21-7-13-27(25(19-21)33(35,36)37)49-23-9-11-24(12-10-23)50-28-14-8-22(20-26(28)34(38,39)40)42-30(48)32-44(4)16-18-46(32)6-2/h7-20H,5-6H2,1-4H3. The van der Waals surface area contributed by atoms with Gasteiger partial charge in [-0.05, 0) is 74.5 Å². The largest absolute Gasteiger partial charge is 0.853 e. The third-order valence-electron chi connectivity index (χ3n) is 7.49. The Hall–Kier alpha value is -5.80. The van der Waals surface area contributed by atoms with E-state index in [1.165, 1.54) is 45.5 Å². The van der Waals surface area contributed by atoms with E-state index in [-0.39, 0.29) is 34.5 Å². The zero-order chi connectivity index (χ0) is 36.4. The number of aryl methyl sites for hydroxylation is 4. The molecule has 10 nitrogen and oxygen atoms in total. The van der Waals surface area contributed by atoms with E-state index in [4.69, 9.17) is 9.47 Å². The lowest BCUT2D eigenvalue weighted by Crippen LogP contribution is -2.40. The normalized spacial score (nSPS) is 12.8. The van der Waals surface area contributed by atoms with Crippen LogP contribution >= 0.6 is 0 Å². The van der Waals surface area contributed by atoms with E-state index in [1.807, 2.05) is 0 Å². The molecule has 5 aromatic rings. The number of rotatable bonds is 10. The first kappa shape index (κ1) is 35.5. The lowest BCUT2D eigenvalue weighted by molar-refractivity contribution is -0.674. The van der Waals surface area contributed by atoms with Crippen molar-refractivity contribution < 1.29 is 55.2 Å². The van der Waals surface area contributed by atoms with Gasteiger partial charge in [0, 0.05) is 0 Å². The summed E-state index contributed by atoms with van der Waals surface area (Å²) in [7, 11) is 3.23. The molecule has 0 unspecified atom stereocenters. The first-order valence-corrected chi connectivity index (χ1v) is 15.1. The Morgan fingerprint density at radius 3 is 1.32 bits per heavy atom. The molecule has 50 heavy (non-hydrogen) atoms. The topological polar surface area (TPSA) is 107 Å². The summed E-state index contributed by atoms with van der Waals surface area (Å²) in [5.74, 6) is -2.45. The van der Waals surface area contributed by atoms with Gasteiger partial charge < -0.3 is 19.7 Å². The Bertz CT molecular complexity index is 1920. The Balaban J connectivity index is 1.37. The van der Waals surface area contributed by atoms with E-state index in [9.17, 15) is 36.6 Å². The average Bonchev–Trinajstić information content (AvgIpc) is 3.63. The number of benzene rings is 3. The second-order valence-corrected chi connectivity index (χ2v) is 10.9. The lowest BCUT2D eigenvalue weighted by atomic mass is 10.1. The SMILES string of the molecule is CCn1cc[n+](C)c1C([O-])=Nc1ccc(Oc2ccc(Oc3ccc(N=C([O-])c4n(CC)cc[n+]4C)cc3C(F)(F)F)cc2)c(C(F)(F)F)c1. The van der Waals surface area contributed by atoms with Gasteiger partial charge in [-0.15, -0.1) is 0 Å². The quantitative estimate of drug-likeness (QED) is 0.0833. The number of nitrogens with zero attached hydrogens (tertiary/aromatic N) is 6. The van der Waals surface area contributed by atoms with Gasteiger partial charge in [0.25, 0.3) is 11.6 Å². The van der Waals surface area contributed by atoms with Crippen molar-refractivity contribution in [3.05, 3.63) is 108 Å². The molecule has 2 aromatic heterocycles. The van der Waals surface area contributed by atoms with Crippen LogP contribution in [0.5, 0.6) is 23.0 Å². The first-order chi connectivity index (χ1) is 23.6. The summed E-state index contributed by atoms with van der Waals surface area (Å²) in [6.45, 7) is 4.50. The fraction of sp³-hybridized carbons (Fsp3) is 0.235. The summed E-state index contributed by atoms with van der Waals surface area (Å²) in [5.41, 5.74) is -2.87. The van der Waals surface area contributed by atoms with Crippen LogP contribution in [0.15, 0.2) is 95.4 Å². The van der Waals surface area contributed by atoms with E-state index in [2.05, 4.69) is 9.98 Å². The molecule has 0 aliphatic rings. The van der Waals surface area contributed by atoms with Crippen LogP contribution in [0.2, 0.25) is 0 Å². The fourth-order valence-electron chi connectivity index (χ4n) is 5.07. The first-order valence-electron chi connectivity index (χ1n) is 15.1. The van der Waals surface area contributed by atoms with Gasteiger partial charge in [-0.3, -0.25) is 9.98 Å². The number of hydrogen-bond acceptors (Lipinski definition) is 6. The minimum Gasteiger partial charge on any atom is -0.853 e. The van der Waals surface area contributed by atoms with Crippen molar-refractivity contribution in [2.24, 2.45) is 24.1 Å². The zero-order valence-corrected chi connectivity index (χ0v) is 27.1. The highest BCUT2D eigenvalue weighted by Gasteiger charge is 2.36. The lowest BCUT2D eigenvalue weighted by Gasteiger charge is -2.16. The molecule has 16 heteroatoms. The summed E-state index contributed by atoms with van der Waals surface area (Å²) in [5, 5.41) is 25.5. The maximum atomic E-state index is 14.0. The summed E-state index contributed by atoms with van der Waals surface area (Å²) in [4.78, 5) is 7.71. The van der Waals surface area contributed by atoms with Gasteiger partial charge >= 0.3 is 12.4 Å². The van der Waals surface area contributed by atoms with Crippen molar-refractivity contribution in [2.45, 2.75) is 39.3 Å². The van der Waals surface area contributed by atoms with Crippen LogP contribution in [0.25, 0.3) is 0 Å². The summed E-state index contributed by atoms with van der Waals surface area (Å²) < 4.78 is 101. The number of imidazole rings is 2. The number of hydrogen-bond donors (Lipinski definition) is 0. The molecule has 0 aliphatic carbocycles. The molecule has 3 aromatic carbocycles. The monoisotopic (exact) mass is 700 g/mol. The van der Waals surface area contributed by atoms with Gasteiger partial charge in [-0.25, -0.2) is 18.3 Å². The number of halogens is 6. The number of aromatic nitrogens is 4. The van der Waals surface area contributed by atoms with E-state index >= 15 is 0 Å². The maximum Gasteiger partial charge on any atom is 0.420 e. The third-order valence-corrected chi connectivity index (χ3v) is 7.49. The van der Waals surface area contributed by atoms with E-state index < -0.39 is 46.8 Å². The van der Waals surface area contributed by atoms with Gasteiger partial charge in [0.05, 0.1) is 50.4 Å². The molecule has 5 rings (SSSR count). The zero-order valence-electron chi connectivity index (χ0n) is 27.1. The third kappa shape index (κ3) is 7.74. The van der Waals surface area contributed by atoms with Crippen molar-refractivity contribution in [1.82, 2.24) is 9.13 Å². The number of aliphatic imine (C=N–C) groups is 2. The van der Waals surface area contributed by atoms with Gasteiger partial charge in [-0.1, -0.05) is 0 Å². The molecule has 0 radical (unpaired) electrons. The van der Waals surface area contributed by atoms with Crippen LogP contribution < -0.4 is 28.8 Å². The van der Waals surface area contributed by atoms with E-state index in [1.54, 1.807) is 61.9 Å². The van der Waals surface area contributed by atoms with Crippen molar-refractivity contribution in [3.63, 3.8) is 0 Å². The van der Waals surface area contributed by atoms with Gasteiger partial charge in [0.15, 0.2) is 0 Å². The van der Waals surface area contributed by atoms with Crippen LogP contribution in [-0.2, 0) is 39.5 Å². The molecule has 262 valence electrons. The smallest absolute Gasteiger partial charge is 0.420 e. The van der Waals surface area contributed by atoms with Gasteiger partial charge in [0.2, 0.25) is 0 Å². The van der Waals surface area contributed by atoms with Crippen LogP contribution in [0.3, 0.4) is 0 Å². The van der Waals surface area contributed by atoms with Crippen molar-refractivity contribution >= 4 is 23.2 Å². The van der Waals surface area contributed by atoms with Crippen molar-refractivity contribution in [1.29, 1.82) is 0 Å². The van der Waals surface area contributed by atoms with Gasteiger partial charge in [-0.2, -0.15) is 26.3 Å². The van der Waals surface area contributed by atoms with Crippen LogP contribution in [-0.4, -0.2) is 20.9 Å². The minimum absolute atomic E-state index is 0.0786. The second-order valence-electron chi connectivity index (χ2n) is 10.9. The summed E-state index contributed by atoms with van der Waals surface area (Å²) in [6.07, 6.45) is -3.21. The molecular formula is C34H30F6N6O4. The Kier molecular flexibility index (Phi) is 9.92. The molecule has 0 N–H and O–H groups in total. The van der Waals surface area contributed by atoms with Crippen molar-refractivity contribution in [3.8, 4) is 23.0 Å². The molecule has 0 amide bonds. The summed E-state index contributed by atoms with van der Waals surface area (Å²) >= 11 is 0. The molecular weight excluding hydrogens is 670 g/mol. The highest BCUT2D eigenvalue weighted by Crippen LogP contribution is 2.42. The maximum absolute atomic E-state index is 14.0. The van der Waals surface area contributed by atoms with E-state index in [0.717, 1.165) is 12.1 Å². The highest BCUT2D eigenvalue weighted by molar-refractivity contribution is 5.88. The molecule has 0 bridgehead atoms. The minimum atomic E-state index is -4.88. The average molecular weight is 701 g/mol. The van der Waals surface area contributed by atoms with Gasteiger partial charge in [0.1, 0.15) is 58.9 Å². The molecule has 0 atom stereocenters.